The molecule has 2 N–H and O–H groups in total. The van der Waals surface area contributed by atoms with Gasteiger partial charge in [0, 0.05) is 0 Å². The van der Waals surface area contributed by atoms with Gasteiger partial charge in [0.15, 0.2) is 0 Å². The quantitative estimate of drug-likeness (QED) is 0.638. The van der Waals surface area contributed by atoms with Crippen molar-refractivity contribution < 1.29 is 18.9 Å². The van der Waals surface area contributed by atoms with Gasteiger partial charge in [-0.05, 0) is 19.3 Å². The van der Waals surface area contributed by atoms with Gasteiger partial charge in [-0.15, -0.1) is 0 Å². The van der Waals surface area contributed by atoms with Crippen LogP contribution in [0.2, 0.25) is 0 Å². The van der Waals surface area contributed by atoms with Crippen molar-refractivity contribution in [3.05, 3.63) is 0 Å². The molecule has 92 valence electrons. The first-order chi connectivity index (χ1) is 6.89. The van der Waals surface area contributed by atoms with Crippen LogP contribution in [0.25, 0.3) is 0 Å². The van der Waals surface area contributed by atoms with E-state index in [9.17, 15) is 4.57 Å². The Morgan fingerprint density at radius 3 is 2.33 bits per heavy atom. The Bertz CT molecular complexity index is 202. The molecule has 15 heavy (non-hydrogen) atoms. The lowest BCUT2D eigenvalue weighted by molar-refractivity contribution is 0.122. The summed E-state index contributed by atoms with van der Waals surface area (Å²) >= 11 is 0. The van der Waals surface area contributed by atoms with Crippen molar-refractivity contribution in [2.45, 2.75) is 59.0 Å². The topological polar surface area (TPSA) is 66.8 Å². The highest BCUT2D eigenvalue weighted by molar-refractivity contribution is 7.46. The van der Waals surface area contributed by atoms with Crippen molar-refractivity contribution in [2.75, 3.05) is 0 Å². The normalized spacial score (nSPS) is 16.3. The monoisotopic (exact) mass is 238 g/mol. The lowest BCUT2D eigenvalue weighted by Crippen LogP contribution is -2.13. The maximum absolute atomic E-state index is 10.6. The van der Waals surface area contributed by atoms with E-state index in [1.807, 2.05) is 0 Å². The highest BCUT2D eigenvalue weighted by atomic mass is 31.2. The van der Waals surface area contributed by atoms with Gasteiger partial charge in [0.2, 0.25) is 0 Å². The molecule has 0 aliphatic rings. The van der Waals surface area contributed by atoms with E-state index in [0.717, 1.165) is 25.7 Å². The molecular formula is C10H23O4P. The minimum atomic E-state index is -4.31. The average Bonchev–Trinajstić information content (AvgIpc) is 2.09. The highest BCUT2D eigenvalue weighted by Crippen LogP contribution is 2.39. The summed E-state index contributed by atoms with van der Waals surface area (Å²) in [6.45, 7) is 5.96. The maximum Gasteiger partial charge on any atom is 0.469 e. The largest absolute Gasteiger partial charge is 0.469 e. The van der Waals surface area contributed by atoms with E-state index < -0.39 is 7.82 Å². The molecule has 2 atom stereocenters. The van der Waals surface area contributed by atoms with Crippen LogP contribution < -0.4 is 0 Å². The number of hydrogen-bond acceptors (Lipinski definition) is 2. The van der Waals surface area contributed by atoms with Crippen LogP contribution in [-0.2, 0) is 9.09 Å². The molecule has 2 unspecified atom stereocenters. The number of phosphoric ester groups is 1. The molecule has 0 aromatic heterocycles. The lowest BCUT2D eigenvalue weighted by Gasteiger charge is -2.20. The third-order valence-corrected chi connectivity index (χ3v) is 3.16. The van der Waals surface area contributed by atoms with Crippen LogP contribution in [-0.4, -0.2) is 15.9 Å². The molecular weight excluding hydrogens is 215 g/mol. The number of rotatable bonds is 8. The third kappa shape index (κ3) is 9.06. The summed E-state index contributed by atoms with van der Waals surface area (Å²) in [5.41, 5.74) is 0. The highest BCUT2D eigenvalue weighted by Gasteiger charge is 2.21. The third-order valence-electron chi connectivity index (χ3n) is 2.53. The Hall–Kier alpha value is 0.110. The first-order valence-electron chi connectivity index (χ1n) is 5.63. The van der Waals surface area contributed by atoms with Gasteiger partial charge in [-0.25, -0.2) is 4.57 Å². The summed E-state index contributed by atoms with van der Waals surface area (Å²) in [6.07, 6.45) is 4.83. The molecule has 0 aromatic carbocycles. The van der Waals surface area contributed by atoms with Crippen molar-refractivity contribution in [3.8, 4) is 0 Å². The van der Waals surface area contributed by atoms with Gasteiger partial charge < -0.3 is 9.79 Å². The molecule has 0 spiro atoms. The predicted octanol–water partition coefficient (Wildman–Crippen LogP) is 3.09. The Kier molecular flexibility index (Phi) is 7.45. The Balaban J connectivity index is 3.90. The number of unbranched alkanes of at least 4 members (excludes halogenated alkanes) is 1. The van der Waals surface area contributed by atoms with Gasteiger partial charge in [-0.1, -0.05) is 39.5 Å². The molecule has 0 rings (SSSR count). The molecule has 0 aromatic rings. The van der Waals surface area contributed by atoms with Crippen LogP contribution >= 0.6 is 7.82 Å². The Labute approximate surface area is 92.3 Å². The number of phosphoric acid groups is 1. The van der Waals surface area contributed by atoms with E-state index in [2.05, 4.69) is 18.4 Å². The molecule has 0 saturated heterocycles. The van der Waals surface area contributed by atoms with E-state index in [-0.39, 0.29) is 6.10 Å². The van der Waals surface area contributed by atoms with Crippen molar-refractivity contribution >= 4 is 7.82 Å². The second-order valence-electron chi connectivity index (χ2n) is 4.06. The minimum absolute atomic E-state index is 0.368. The molecule has 0 amide bonds. The summed E-state index contributed by atoms with van der Waals surface area (Å²) in [4.78, 5) is 17.3. The van der Waals surface area contributed by atoms with Crippen LogP contribution in [0, 0.1) is 5.92 Å². The first kappa shape index (κ1) is 15.1. The summed E-state index contributed by atoms with van der Waals surface area (Å²) in [7, 11) is -4.31. The number of hydrogen-bond donors (Lipinski definition) is 2. The fourth-order valence-electron chi connectivity index (χ4n) is 1.73. The van der Waals surface area contributed by atoms with Crippen LogP contribution in [0.15, 0.2) is 0 Å². The van der Waals surface area contributed by atoms with Gasteiger partial charge in [0.1, 0.15) is 0 Å². The Morgan fingerprint density at radius 2 is 1.93 bits per heavy atom. The van der Waals surface area contributed by atoms with E-state index in [4.69, 9.17) is 9.79 Å². The fraction of sp³-hybridized carbons (Fsp3) is 1.00. The second kappa shape index (κ2) is 7.39. The smallest absolute Gasteiger partial charge is 0.303 e. The van der Waals surface area contributed by atoms with E-state index in [1.165, 1.54) is 6.42 Å². The van der Waals surface area contributed by atoms with Crippen LogP contribution in [0.4, 0.5) is 0 Å². The average molecular weight is 238 g/mol. The standard InChI is InChI=1S/C10H23O4P/c1-4-6-7-10(5-2)8-9(3)14-15(11,12)13/h9-10H,4-8H2,1-3H3,(H2,11,12,13). The van der Waals surface area contributed by atoms with E-state index in [0.29, 0.717) is 5.92 Å². The molecule has 0 radical (unpaired) electrons. The zero-order valence-corrected chi connectivity index (χ0v) is 10.7. The van der Waals surface area contributed by atoms with Crippen molar-refractivity contribution in [2.24, 2.45) is 5.92 Å². The van der Waals surface area contributed by atoms with Gasteiger partial charge in [0.05, 0.1) is 6.10 Å². The van der Waals surface area contributed by atoms with Gasteiger partial charge in [-0.3, -0.25) is 4.52 Å². The molecule has 4 nitrogen and oxygen atoms in total. The second-order valence-corrected chi connectivity index (χ2v) is 5.25. The van der Waals surface area contributed by atoms with Gasteiger partial charge in [-0.2, -0.15) is 0 Å². The zero-order chi connectivity index (χ0) is 11.9. The van der Waals surface area contributed by atoms with E-state index in [1.54, 1.807) is 6.92 Å². The summed E-state index contributed by atoms with van der Waals surface area (Å²) in [5.74, 6) is 0.506. The van der Waals surface area contributed by atoms with Crippen LogP contribution in [0.5, 0.6) is 0 Å². The Morgan fingerprint density at radius 1 is 1.33 bits per heavy atom. The first-order valence-corrected chi connectivity index (χ1v) is 7.16. The van der Waals surface area contributed by atoms with Gasteiger partial charge in [0.25, 0.3) is 0 Å². The molecule has 0 saturated carbocycles. The molecule has 0 aliphatic carbocycles. The molecule has 5 heteroatoms. The van der Waals surface area contributed by atoms with Crippen molar-refractivity contribution in [3.63, 3.8) is 0 Å². The fourth-order valence-corrected chi connectivity index (χ4v) is 2.28. The SMILES string of the molecule is CCCCC(CC)CC(C)OP(=O)(O)O. The summed E-state index contributed by atoms with van der Waals surface area (Å²) in [6, 6.07) is 0. The zero-order valence-electron chi connectivity index (χ0n) is 9.85. The van der Waals surface area contributed by atoms with Crippen molar-refractivity contribution in [1.82, 2.24) is 0 Å². The predicted molar refractivity (Wildman–Crippen MR) is 60.5 cm³/mol. The van der Waals surface area contributed by atoms with Gasteiger partial charge >= 0.3 is 7.82 Å². The minimum Gasteiger partial charge on any atom is -0.303 e. The van der Waals surface area contributed by atoms with Crippen molar-refractivity contribution in [1.29, 1.82) is 0 Å². The van der Waals surface area contributed by atoms with E-state index >= 15 is 0 Å². The maximum atomic E-state index is 10.6. The molecule has 0 heterocycles. The molecule has 0 aliphatic heterocycles. The lowest BCUT2D eigenvalue weighted by atomic mass is 9.94. The summed E-state index contributed by atoms with van der Waals surface area (Å²) < 4.78 is 15.2. The molecule has 0 fully saturated rings. The van der Waals surface area contributed by atoms with Crippen LogP contribution in [0.1, 0.15) is 52.9 Å². The summed E-state index contributed by atoms with van der Waals surface area (Å²) in [5, 5.41) is 0. The molecule has 0 bridgehead atoms. The van der Waals surface area contributed by atoms with Crippen LogP contribution in [0.3, 0.4) is 0 Å².